The van der Waals surface area contributed by atoms with E-state index in [2.05, 4.69) is 16.8 Å². The van der Waals surface area contributed by atoms with Gasteiger partial charge in [0.2, 0.25) is 0 Å². The van der Waals surface area contributed by atoms with E-state index < -0.39 is 22.0 Å². The monoisotopic (exact) mass is 436 g/mol. The minimum absolute atomic E-state index is 0.112. The van der Waals surface area contributed by atoms with E-state index in [-0.39, 0.29) is 24.0 Å². The molecular weight excluding hydrogens is 412 g/mol. The highest BCUT2D eigenvalue weighted by Crippen LogP contribution is 2.30. The van der Waals surface area contributed by atoms with Crippen molar-refractivity contribution < 1.29 is 18.6 Å². The third-order valence-electron chi connectivity index (χ3n) is 5.47. The molecule has 7 heteroatoms. The van der Waals surface area contributed by atoms with E-state index >= 15 is 0 Å². The molecule has 31 heavy (non-hydrogen) atoms. The summed E-state index contributed by atoms with van der Waals surface area (Å²) in [6.07, 6.45) is 2.53. The second-order valence-electron chi connectivity index (χ2n) is 7.81. The normalized spacial score (nSPS) is 17.3. The zero-order valence-electron chi connectivity index (χ0n) is 17.1. The van der Waals surface area contributed by atoms with Gasteiger partial charge in [-0.25, -0.2) is 13.4 Å². The summed E-state index contributed by atoms with van der Waals surface area (Å²) in [5.74, 6) is 7.18. The number of hydrogen-bond acceptors (Lipinski definition) is 5. The lowest BCUT2D eigenvalue weighted by atomic mass is 9.97. The topological polar surface area (TPSA) is 92.4 Å². The maximum Gasteiger partial charge on any atom is 0.151 e. The van der Waals surface area contributed by atoms with Gasteiger partial charge >= 0.3 is 0 Å². The van der Waals surface area contributed by atoms with Crippen molar-refractivity contribution in [2.24, 2.45) is 0 Å². The van der Waals surface area contributed by atoms with Gasteiger partial charge < -0.3 is 14.8 Å². The summed E-state index contributed by atoms with van der Waals surface area (Å²) in [7, 11) is -2.83. The molecule has 1 fully saturated rings. The molecule has 1 aliphatic rings. The zero-order chi connectivity index (χ0) is 22.0. The zero-order valence-corrected chi connectivity index (χ0v) is 18.0. The van der Waals surface area contributed by atoms with Crippen molar-refractivity contribution in [2.45, 2.75) is 25.0 Å². The molecule has 0 radical (unpaired) electrons. The molecule has 2 heterocycles. The minimum atomic E-state index is -2.83. The van der Waals surface area contributed by atoms with Crippen LogP contribution in [0, 0.1) is 11.8 Å². The van der Waals surface area contributed by atoms with Gasteiger partial charge in [-0.05, 0) is 35.7 Å². The second kappa shape index (κ2) is 8.67. The van der Waals surface area contributed by atoms with Crippen LogP contribution < -0.4 is 0 Å². The number of rotatable bonds is 5. The van der Waals surface area contributed by atoms with Gasteiger partial charge in [-0.15, -0.1) is 0 Å². The molecule has 2 N–H and O–H groups in total. The van der Waals surface area contributed by atoms with Crippen LogP contribution in [0.3, 0.4) is 0 Å². The minimum Gasteiger partial charge on any atom is -0.393 e. The van der Waals surface area contributed by atoms with Crippen LogP contribution in [0.4, 0.5) is 0 Å². The predicted molar refractivity (Wildman–Crippen MR) is 119 cm³/mol. The summed E-state index contributed by atoms with van der Waals surface area (Å²) in [6.45, 7) is 1.44. The number of sulfone groups is 1. The summed E-state index contributed by atoms with van der Waals surface area (Å²) in [4.78, 5) is 4.12. The summed E-state index contributed by atoms with van der Waals surface area (Å²) in [6, 6.07) is 15.4. The molecule has 1 aliphatic heterocycles. The van der Waals surface area contributed by atoms with Crippen LogP contribution in [0.25, 0.3) is 11.1 Å². The van der Waals surface area contributed by atoms with Crippen LogP contribution in [-0.4, -0.2) is 46.3 Å². The summed E-state index contributed by atoms with van der Waals surface area (Å²) in [5, 5.41) is 19.5. The first-order valence-corrected chi connectivity index (χ1v) is 11.9. The summed E-state index contributed by atoms with van der Waals surface area (Å²) >= 11 is 0. The Bertz CT molecular complexity index is 1210. The third-order valence-corrected chi connectivity index (χ3v) is 7.30. The molecule has 0 bridgehead atoms. The van der Waals surface area contributed by atoms with Gasteiger partial charge in [0.05, 0.1) is 18.1 Å². The molecular formula is C24H24N2O4S. The highest BCUT2D eigenvalue weighted by atomic mass is 32.2. The molecule has 1 saturated heterocycles. The Morgan fingerprint density at radius 3 is 2.26 bits per heavy atom. The maximum atomic E-state index is 11.4. The van der Waals surface area contributed by atoms with Crippen molar-refractivity contribution >= 4 is 9.84 Å². The number of benzene rings is 2. The van der Waals surface area contributed by atoms with E-state index in [0.717, 1.165) is 22.3 Å². The van der Waals surface area contributed by atoms with Gasteiger partial charge in [0.1, 0.15) is 18.0 Å². The third kappa shape index (κ3) is 4.72. The second-order valence-corrected chi connectivity index (χ2v) is 9.96. The van der Waals surface area contributed by atoms with Gasteiger partial charge in [-0.2, -0.15) is 0 Å². The van der Waals surface area contributed by atoms with Crippen LogP contribution in [-0.2, 0) is 9.84 Å². The van der Waals surface area contributed by atoms with Gasteiger partial charge in [-0.1, -0.05) is 48.2 Å². The highest BCUT2D eigenvalue weighted by Gasteiger charge is 2.34. The van der Waals surface area contributed by atoms with Crippen molar-refractivity contribution in [1.82, 2.24) is 9.55 Å². The molecule has 0 unspecified atom stereocenters. The van der Waals surface area contributed by atoms with Crippen molar-refractivity contribution in [3.63, 3.8) is 0 Å². The molecule has 2 aromatic carbocycles. The molecule has 0 saturated carbocycles. The van der Waals surface area contributed by atoms with Crippen LogP contribution in [0.15, 0.2) is 60.9 Å². The Labute approximate surface area is 182 Å². The molecule has 4 rings (SSSR count). The molecule has 1 aromatic heterocycles. The standard InChI is InChI=1S/C24H24N2O4S/c1-17(28)24-25-12-13-26(24)23(14-27)11-4-18-2-5-19(6-3-18)20-7-9-21(10-8-20)22-15-31(29,30)16-22/h2-3,5-10,12-13,17,22-23,27-28H,14-16H2,1H3/t17-,23-/m0/s1. The first-order valence-electron chi connectivity index (χ1n) is 10.1. The predicted octanol–water partition coefficient (Wildman–Crippen LogP) is 2.70. The summed E-state index contributed by atoms with van der Waals surface area (Å²) < 4.78 is 24.4. The Kier molecular flexibility index (Phi) is 5.96. The fraction of sp³-hybridized carbons (Fsp3) is 0.292. The van der Waals surface area contributed by atoms with E-state index in [1.807, 2.05) is 48.5 Å². The van der Waals surface area contributed by atoms with Crippen molar-refractivity contribution in [3.05, 3.63) is 77.9 Å². The first kappa shape index (κ1) is 21.3. The van der Waals surface area contributed by atoms with Gasteiger partial charge in [0.25, 0.3) is 0 Å². The fourth-order valence-corrected chi connectivity index (χ4v) is 5.25. The molecule has 160 valence electrons. The number of hydrogen-bond donors (Lipinski definition) is 2. The molecule has 3 aromatic rings. The van der Waals surface area contributed by atoms with Crippen molar-refractivity contribution in [3.8, 4) is 23.0 Å². The van der Waals surface area contributed by atoms with Gasteiger partial charge in [0, 0.05) is 23.9 Å². The van der Waals surface area contributed by atoms with Gasteiger partial charge in [-0.3, -0.25) is 0 Å². The van der Waals surface area contributed by atoms with E-state index in [9.17, 15) is 18.6 Å². The molecule has 0 amide bonds. The SMILES string of the molecule is C[C@H](O)c1nccn1[C@@H](C#Cc1ccc(-c2ccc(C3CS(=O)(=O)C3)cc2)cc1)CO. The van der Waals surface area contributed by atoms with E-state index in [0.29, 0.717) is 5.82 Å². The number of nitrogens with zero attached hydrogens (tertiary/aromatic N) is 2. The average Bonchev–Trinajstić information content (AvgIpc) is 3.23. The average molecular weight is 437 g/mol. The van der Waals surface area contributed by atoms with Crippen LogP contribution in [0.1, 0.15) is 41.9 Å². The Morgan fingerprint density at radius 2 is 1.71 bits per heavy atom. The lowest BCUT2D eigenvalue weighted by Crippen LogP contribution is -2.34. The molecule has 6 nitrogen and oxygen atoms in total. The number of imidazole rings is 1. The van der Waals surface area contributed by atoms with Crippen LogP contribution in [0.5, 0.6) is 0 Å². The Balaban J connectivity index is 1.47. The Hall–Kier alpha value is -2.92. The Morgan fingerprint density at radius 1 is 1.10 bits per heavy atom. The fourth-order valence-electron chi connectivity index (χ4n) is 3.73. The number of aliphatic hydroxyl groups is 2. The largest absolute Gasteiger partial charge is 0.393 e. The first-order chi connectivity index (χ1) is 14.9. The lowest BCUT2D eigenvalue weighted by molar-refractivity contribution is 0.176. The highest BCUT2D eigenvalue weighted by molar-refractivity contribution is 7.92. The van der Waals surface area contributed by atoms with E-state index in [1.165, 1.54) is 0 Å². The van der Waals surface area contributed by atoms with Gasteiger partial charge in [0.15, 0.2) is 9.84 Å². The maximum absolute atomic E-state index is 11.4. The van der Waals surface area contributed by atoms with Crippen LogP contribution in [0.2, 0.25) is 0 Å². The lowest BCUT2D eigenvalue weighted by Gasteiger charge is -2.26. The smallest absolute Gasteiger partial charge is 0.151 e. The number of aromatic nitrogens is 2. The number of aliphatic hydroxyl groups excluding tert-OH is 2. The molecule has 0 spiro atoms. The van der Waals surface area contributed by atoms with E-state index in [1.54, 1.807) is 23.9 Å². The summed E-state index contributed by atoms with van der Waals surface area (Å²) in [5.41, 5.74) is 3.98. The quantitative estimate of drug-likeness (QED) is 0.600. The van der Waals surface area contributed by atoms with Crippen molar-refractivity contribution in [1.29, 1.82) is 0 Å². The van der Waals surface area contributed by atoms with Crippen molar-refractivity contribution in [2.75, 3.05) is 18.1 Å². The van der Waals surface area contributed by atoms with E-state index in [4.69, 9.17) is 0 Å². The molecule has 0 aliphatic carbocycles. The molecule has 2 atom stereocenters. The van der Waals surface area contributed by atoms with Crippen LogP contribution >= 0.6 is 0 Å².